The molecule has 1 saturated heterocycles. The molecule has 1 unspecified atom stereocenters. The van der Waals surface area contributed by atoms with E-state index < -0.39 is 0 Å². The minimum absolute atomic E-state index is 0.187. The SMILES string of the molecule is COc1ccc(C(CNCc2cc(Br)ccc2F)N2CCOCC2)cc1. The van der Waals surface area contributed by atoms with E-state index in [9.17, 15) is 4.39 Å². The van der Waals surface area contributed by atoms with E-state index in [1.807, 2.05) is 18.2 Å². The van der Waals surface area contributed by atoms with E-state index in [4.69, 9.17) is 9.47 Å². The molecule has 0 amide bonds. The monoisotopic (exact) mass is 422 g/mol. The molecule has 3 rings (SSSR count). The molecule has 0 aromatic heterocycles. The van der Waals surface area contributed by atoms with Crippen LogP contribution in [0.5, 0.6) is 5.75 Å². The van der Waals surface area contributed by atoms with Gasteiger partial charge in [-0.25, -0.2) is 4.39 Å². The quantitative estimate of drug-likeness (QED) is 0.736. The van der Waals surface area contributed by atoms with Crippen molar-refractivity contribution in [3.8, 4) is 5.75 Å². The topological polar surface area (TPSA) is 33.7 Å². The number of morpholine rings is 1. The lowest BCUT2D eigenvalue weighted by molar-refractivity contribution is 0.0161. The summed E-state index contributed by atoms with van der Waals surface area (Å²) in [6, 6.07) is 13.4. The molecule has 0 bridgehead atoms. The van der Waals surface area contributed by atoms with E-state index in [0.717, 1.165) is 43.1 Å². The Morgan fingerprint density at radius 3 is 2.62 bits per heavy atom. The number of ether oxygens (including phenoxy) is 2. The highest BCUT2D eigenvalue weighted by atomic mass is 79.9. The Hall–Kier alpha value is -1.47. The number of benzene rings is 2. The van der Waals surface area contributed by atoms with E-state index in [0.29, 0.717) is 12.1 Å². The van der Waals surface area contributed by atoms with Crippen molar-refractivity contribution in [3.63, 3.8) is 0 Å². The van der Waals surface area contributed by atoms with Gasteiger partial charge in [0.05, 0.1) is 20.3 Å². The standard InChI is InChI=1S/C20H24BrFN2O2/c1-25-18-5-2-15(3-6-18)20(24-8-10-26-11-9-24)14-23-13-16-12-17(21)4-7-19(16)22/h2-7,12,20,23H,8-11,13-14H2,1H3. The number of rotatable bonds is 7. The number of halogens is 2. The molecule has 140 valence electrons. The fourth-order valence-corrected chi connectivity index (χ4v) is 3.60. The van der Waals surface area contributed by atoms with E-state index in [1.165, 1.54) is 11.6 Å². The maximum absolute atomic E-state index is 14.0. The Kier molecular flexibility index (Phi) is 7.02. The van der Waals surface area contributed by atoms with Gasteiger partial charge in [-0.2, -0.15) is 0 Å². The summed E-state index contributed by atoms with van der Waals surface area (Å²) in [6.07, 6.45) is 0. The molecule has 2 aromatic rings. The molecule has 0 spiro atoms. The van der Waals surface area contributed by atoms with Gasteiger partial charge in [-0.3, -0.25) is 4.90 Å². The second-order valence-electron chi connectivity index (χ2n) is 6.30. The van der Waals surface area contributed by atoms with Gasteiger partial charge in [-0.15, -0.1) is 0 Å². The van der Waals surface area contributed by atoms with E-state index in [1.54, 1.807) is 13.2 Å². The smallest absolute Gasteiger partial charge is 0.127 e. The second-order valence-corrected chi connectivity index (χ2v) is 7.22. The minimum Gasteiger partial charge on any atom is -0.497 e. The average molecular weight is 423 g/mol. The summed E-state index contributed by atoms with van der Waals surface area (Å²) in [7, 11) is 1.67. The predicted octanol–water partition coefficient (Wildman–Crippen LogP) is 3.76. The first-order valence-electron chi connectivity index (χ1n) is 8.78. The highest BCUT2D eigenvalue weighted by Gasteiger charge is 2.22. The zero-order chi connectivity index (χ0) is 18.4. The molecule has 6 heteroatoms. The molecule has 0 saturated carbocycles. The van der Waals surface area contributed by atoms with E-state index >= 15 is 0 Å². The van der Waals surface area contributed by atoms with Crippen LogP contribution in [0.2, 0.25) is 0 Å². The Balaban J connectivity index is 1.69. The molecule has 1 aliphatic rings. The van der Waals surface area contributed by atoms with Crippen LogP contribution in [0, 0.1) is 5.82 Å². The summed E-state index contributed by atoms with van der Waals surface area (Å²) in [4.78, 5) is 2.41. The Morgan fingerprint density at radius 1 is 1.19 bits per heavy atom. The second kappa shape index (κ2) is 9.46. The maximum atomic E-state index is 14.0. The van der Waals surface area contributed by atoms with Crippen molar-refractivity contribution >= 4 is 15.9 Å². The normalized spacial score (nSPS) is 16.4. The summed E-state index contributed by atoms with van der Waals surface area (Å²) >= 11 is 3.40. The third kappa shape index (κ3) is 5.04. The van der Waals surface area contributed by atoms with Crippen LogP contribution >= 0.6 is 15.9 Å². The molecule has 0 aliphatic carbocycles. The lowest BCUT2D eigenvalue weighted by Crippen LogP contribution is -2.42. The van der Waals surface area contributed by atoms with Crippen molar-refractivity contribution < 1.29 is 13.9 Å². The molecule has 0 radical (unpaired) electrons. The summed E-state index contributed by atoms with van der Waals surface area (Å²) in [5, 5.41) is 3.42. The van der Waals surface area contributed by atoms with Gasteiger partial charge in [-0.1, -0.05) is 28.1 Å². The third-order valence-corrected chi connectivity index (χ3v) is 5.14. The average Bonchev–Trinajstić information content (AvgIpc) is 2.69. The lowest BCUT2D eigenvalue weighted by Gasteiger charge is -2.35. The number of methoxy groups -OCH3 is 1. The van der Waals surface area contributed by atoms with Gasteiger partial charge in [0.1, 0.15) is 11.6 Å². The molecule has 1 heterocycles. The first kappa shape index (κ1) is 19.3. The van der Waals surface area contributed by atoms with Gasteiger partial charge in [0.15, 0.2) is 0 Å². The van der Waals surface area contributed by atoms with Gasteiger partial charge in [0.2, 0.25) is 0 Å². The van der Waals surface area contributed by atoms with Crippen LogP contribution in [-0.4, -0.2) is 44.9 Å². The van der Waals surface area contributed by atoms with Gasteiger partial charge in [0, 0.05) is 42.3 Å². The van der Waals surface area contributed by atoms with Crippen LogP contribution in [0.25, 0.3) is 0 Å². The van der Waals surface area contributed by atoms with Gasteiger partial charge >= 0.3 is 0 Å². The molecule has 1 fully saturated rings. The van der Waals surface area contributed by atoms with Crippen LogP contribution in [0.3, 0.4) is 0 Å². The van der Waals surface area contributed by atoms with Crippen molar-refractivity contribution in [1.29, 1.82) is 0 Å². The highest BCUT2D eigenvalue weighted by molar-refractivity contribution is 9.10. The minimum atomic E-state index is -0.187. The van der Waals surface area contributed by atoms with E-state index in [2.05, 4.69) is 38.3 Å². The van der Waals surface area contributed by atoms with Crippen molar-refractivity contribution in [2.75, 3.05) is 40.0 Å². The van der Waals surface area contributed by atoms with Crippen molar-refractivity contribution in [3.05, 3.63) is 63.9 Å². The van der Waals surface area contributed by atoms with Crippen LogP contribution in [0.15, 0.2) is 46.9 Å². The number of hydrogen-bond acceptors (Lipinski definition) is 4. The predicted molar refractivity (Wildman–Crippen MR) is 104 cm³/mol. The molecule has 1 N–H and O–H groups in total. The highest BCUT2D eigenvalue weighted by Crippen LogP contribution is 2.24. The zero-order valence-corrected chi connectivity index (χ0v) is 16.5. The Morgan fingerprint density at radius 2 is 1.92 bits per heavy atom. The maximum Gasteiger partial charge on any atom is 0.127 e. The van der Waals surface area contributed by atoms with E-state index in [-0.39, 0.29) is 11.9 Å². The lowest BCUT2D eigenvalue weighted by atomic mass is 10.0. The van der Waals surface area contributed by atoms with Crippen LogP contribution in [0.4, 0.5) is 4.39 Å². The summed E-state index contributed by atoms with van der Waals surface area (Å²) in [5.41, 5.74) is 1.88. The summed E-state index contributed by atoms with van der Waals surface area (Å²) in [6.45, 7) is 4.49. The van der Waals surface area contributed by atoms with Gasteiger partial charge in [0.25, 0.3) is 0 Å². The molecule has 26 heavy (non-hydrogen) atoms. The van der Waals surface area contributed by atoms with Crippen molar-refractivity contribution in [2.45, 2.75) is 12.6 Å². The first-order valence-corrected chi connectivity index (χ1v) is 9.57. The van der Waals surface area contributed by atoms with Gasteiger partial charge < -0.3 is 14.8 Å². The molecule has 2 aromatic carbocycles. The number of nitrogens with one attached hydrogen (secondary N) is 1. The summed E-state index contributed by atoms with van der Waals surface area (Å²) in [5.74, 6) is 0.659. The fourth-order valence-electron chi connectivity index (χ4n) is 3.20. The fraction of sp³-hybridized carbons (Fsp3) is 0.400. The molecule has 4 nitrogen and oxygen atoms in total. The van der Waals surface area contributed by atoms with Crippen LogP contribution in [-0.2, 0) is 11.3 Å². The van der Waals surface area contributed by atoms with Crippen molar-refractivity contribution in [1.82, 2.24) is 10.2 Å². The molecule has 1 atom stereocenters. The van der Waals surface area contributed by atoms with Gasteiger partial charge in [-0.05, 0) is 35.9 Å². The molecular formula is C20H24BrFN2O2. The summed E-state index contributed by atoms with van der Waals surface area (Å²) < 4.78 is 25.6. The Bertz CT molecular complexity index is 705. The Labute approximate surface area is 162 Å². The van der Waals surface area contributed by atoms with Crippen molar-refractivity contribution in [2.24, 2.45) is 0 Å². The van der Waals surface area contributed by atoms with Crippen LogP contribution in [0.1, 0.15) is 17.2 Å². The number of nitrogens with zero attached hydrogens (tertiary/aromatic N) is 1. The zero-order valence-electron chi connectivity index (χ0n) is 14.9. The largest absolute Gasteiger partial charge is 0.497 e. The first-order chi connectivity index (χ1) is 12.7. The third-order valence-electron chi connectivity index (χ3n) is 4.65. The molecule has 1 aliphatic heterocycles. The number of hydrogen-bond donors (Lipinski definition) is 1. The molecular weight excluding hydrogens is 399 g/mol. The van der Waals surface area contributed by atoms with Crippen LogP contribution < -0.4 is 10.1 Å².